The number of nitrogens with one attached hydrogen (secondary N) is 2. The molecule has 0 aliphatic carbocycles. The summed E-state index contributed by atoms with van der Waals surface area (Å²) in [5.41, 5.74) is 11.6. The summed E-state index contributed by atoms with van der Waals surface area (Å²) in [5, 5.41) is 8.52. The Morgan fingerprint density at radius 1 is 1.47 bits per heavy atom. The molecule has 0 saturated heterocycles. The van der Waals surface area contributed by atoms with Crippen molar-refractivity contribution in [2.75, 3.05) is 30.1 Å². The minimum atomic E-state index is 0.721. The molecule has 15 heavy (non-hydrogen) atoms. The summed E-state index contributed by atoms with van der Waals surface area (Å²) in [6.07, 6.45) is 1.81. The van der Waals surface area contributed by atoms with E-state index in [2.05, 4.69) is 22.8 Å². The van der Waals surface area contributed by atoms with E-state index in [-0.39, 0.29) is 0 Å². The van der Waals surface area contributed by atoms with Gasteiger partial charge >= 0.3 is 0 Å². The normalized spacial score (nSPS) is 10.5. The summed E-state index contributed by atoms with van der Waals surface area (Å²) in [6.45, 7) is 2.94. The van der Waals surface area contributed by atoms with Gasteiger partial charge in [-0.25, -0.2) is 0 Å². The number of hydrogen-bond acceptors (Lipinski definition) is 4. The molecule has 1 heterocycles. The molecule has 80 valence electrons. The Balaban J connectivity index is 2.67. The quantitative estimate of drug-likeness (QED) is 0.659. The highest BCUT2D eigenvalue weighted by atomic mass is 15.5. The van der Waals surface area contributed by atoms with E-state index in [0.29, 0.717) is 0 Å². The number of benzene rings is 1. The molecule has 5 heteroatoms. The van der Waals surface area contributed by atoms with Crippen LogP contribution in [0.3, 0.4) is 0 Å². The first-order chi connectivity index (χ1) is 7.27. The average Bonchev–Trinajstić information content (AvgIpc) is 2.67. The van der Waals surface area contributed by atoms with Gasteiger partial charge in [0, 0.05) is 24.7 Å². The molecule has 0 amide bonds. The molecule has 0 radical (unpaired) electrons. The highest BCUT2D eigenvalue weighted by Gasteiger charge is 2.08. The number of nitrogens with zero attached hydrogens (tertiary/aromatic N) is 2. The number of anilines is 2. The van der Waals surface area contributed by atoms with E-state index in [1.165, 1.54) is 0 Å². The fourth-order valence-electron chi connectivity index (χ4n) is 1.68. The molecule has 1 aromatic carbocycles. The van der Waals surface area contributed by atoms with Crippen LogP contribution in [0.4, 0.5) is 11.4 Å². The molecule has 0 saturated carbocycles. The van der Waals surface area contributed by atoms with Gasteiger partial charge in [0.05, 0.1) is 11.9 Å². The molecule has 2 rings (SSSR count). The van der Waals surface area contributed by atoms with Crippen LogP contribution in [0.5, 0.6) is 0 Å². The summed E-state index contributed by atoms with van der Waals surface area (Å²) in [5.74, 6) is 0. The van der Waals surface area contributed by atoms with E-state index >= 15 is 0 Å². The molecule has 0 spiro atoms. The minimum Gasteiger partial charge on any atom is -0.397 e. The number of fused-ring (bicyclic) bond motifs is 1. The summed E-state index contributed by atoms with van der Waals surface area (Å²) < 4.78 is 0. The maximum Gasteiger partial charge on any atom is 0.117 e. The van der Waals surface area contributed by atoms with Crippen molar-refractivity contribution >= 4 is 22.3 Å². The molecule has 0 aliphatic rings. The largest absolute Gasteiger partial charge is 0.397 e. The van der Waals surface area contributed by atoms with Crippen LogP contribution in [0.1, 0.15) is 6.92 Å². The van der Waals surface area contributed by atoms with Gasteiger partial charge in [-0.2, -0.15) is 9.89 Å². The summed E-state index contributed by atoms with van der Waals surface area (Å²) in [4.78, 5) is 1.67. The zero-order valence-electron chi connectivity index (χ0n) is 8.91. The van der Waals surface area contributed by atoms with Crippen LogP contribution in [0, 0.1) is 0 Å². The topological polar surface area (TPSA) is 67.9 Å². The summed E-state index contributed by atoms with van der Waals surface area (Å²) in [6, 6.07) is 3.86. The third-order valence-electron chi connectivity index (χ3n) is 2.34. The predicted molar refractivity (Wildman–Crippen MR) is 63.6 cm³/mol. The van der Waals surface area contributed by atoms with Crippen molar-refractivity contribution in [1.29, 1.82) is 0 Å². The van der Waals surface area contributed by atoms with Crippen LogP contribution in [-0.4, -0.2) is 23.5 Å². The molecule has 5 nitrogen and oxygen atoms in total. The van der Waals surface area contributed by atoms with Gasteiger partial charge in [-0.1, -0.05) is 0 Å². The van der Waals surface area contributed by atoms with Crippen molar-refractivity contribution in [3.05, 3.63) is 18.3 Å². The fourth-order valence-corrected chi connectivity index (χ4v) is 1.68. The molecule has 0 fully saturated rings. The lowest BCUT2D eigenvalue weighted by molar-refractivity contribution is 0.811. The van der Waals surface area contributed by atoms with Crippen molar-refractivity contribution in [3.63, 3.8) is 0 Å². The zero-order valence-corrected chi connectivity index (χ0v) is 8.91. The molecule has 0 aliphatic heterocycles. The third-order valence-corrected chi connectivity index (χ3v) is 2.34. The first-order valence-electron chi connectivity index (χ1n) is 4.95. The molecule has 2 aromatic rings. The lowest BCUT2D eigenvalue weighted by Gasteiger charge is -2.08. The third kappa shape index (κ3) is 1.45. The Labute approximate surface area is 88.2 Å². The van der Waals surface area contributed by atoms with Crippen LogP contribution >= 0.6 is 0 Å². The SMILES string of the molecule is CCNc1ccc(N)c2c1cnn2NC. The molecular weight excluding hydrogens is 190 g/mol. The highest BCUT2D eigenvalue weighted by Crippen LogP contribution is 2.27. The number of hydrogen-bond donors (Lipinski definition) is 3. The van der Waals surface area contributed by atoms with Crippen molar-refractivity contribution in [3.8, 4) is 0 Å². The minimum absolute atomic E-state index is 0.721. The van der Waals surface area contributed by atoms with E-state index in [0.717, 1.165) is 28.8 Å². The van der Waals surface area contributed by atoms with Crippen LogP contribution in [-0.2, 0) is 0 Å². The second kappa shape index (κ2) is 3.68. The molecule has 1 aromatic heterocycles. The van der Waals surface area contributed by atoms with E-state index in [4.69, 9.17) is 5.73 Å². The lowest BCUT2D eigenvalue weighted by atomic mass is 10.2. The van der Waals surface area contributed by atoms with Crippen molar-refractivity contribution in [2.45, 2.75) is 6.92 Å². The monoisotopic (exact) mass is 205 g/mol. The van der Waals surface area contributed by atoms with Crippen LogP contribution in [0.25, 0.3) is 10.9 Å². The molecule has 0 unspecified atom stereocenters. The van der Waals surface area contributed by atoms with Crippen LogP contribution in [0.15, 0.2) is 18.3 Å². The van der Waals surface area contributed by atoms with Gasteiger partial charge in [0.1, 0.15) is 5.52 Å². The number of nitrogen functional groups attached to an aromatic ring is 1. The van der Waals surface area contributed by atoms with E-state index < -0.39 is 0 Å². The Morgan fingerprint density at radius 2 is 2.27 bits per heavy atom. The summed E-state index contributed by atoms with van der Waals surface area (Å²) >= 11 is 0. The molecule has 0 atom stereocenters. The van der Waals surface area contributed by atoms with E-state index in [1.807, 2.05) is 19.2 Å². The van der Waals surface area contributed by atoms with Gasteiger partial charge in [-0.05, 0) is 19.1 Å². The van der Waals surface area contributed by atoms with E-state index in [1.54, 1.807) is 11.0 Å². The van der Waals surface area contributed by atoms with Crippen molar-refractivity contribution < 1.29 is 0 Å². The smallest absolute Gasteiger partial charge is 0.117 e. The summed E-state index contributed by atoms with van der Waals surface area (Å²) in [7, 11) is 1.81. The Hall–Kier alpha value is -1.91. The highest BCUT2D eigenvalue weighted by molar-refractivity contribution is 5.98. The van der Waals surface area contributed by atoms with Gasteiger partial charge in [-0.3, -0.25) is 0 Å². The maximum atomic E-state index is 5.91. The predicted octanol–water partition coefficient (Wildman–Crippen LogP) is 1.22. The number of aromatic nitrogens is 2. The molecular formula is C10H15N5. The maximum absolute atomic E-state index is 5.91. The zero-order chi connectivity index (χ0) is 10.8. The van der Waals surface area contributed by atoms with Crippen LogP contribution < -0.4 is 16.5 Å². The number of rotatable bonds is 3. The average molecular weight is 205 g/mol. The van der Waals surface area contributed by atoms with Crippen molar-refractivity contribution in [1.82, 2.24) is 9.89 Å². The van der Waals surface area contributed by atoms with Gasteiger partial charge < -0.3 is 16.5 Å². The van der Waals surface area contributed by atoms with Gasteiger partial charge in [-0.15, -0.1) is 0 Å². The second-order valence-corrected chi connectivity index (χ2v) is 3.27. The first-order valence-corrected chi connectivity index (χ1v) is 4.95. The first kappa shape index (κ1) is 9.64. The standard InChI is InChI=1S/C10H15N5/c1-3-13-9-5-4-8(11)10-7(9)6-14-15(10)12-2/h4-6,12-13H,3,11H2,1-2H3. The second-order valence-electron chi connectivity index (χ2n) is 3.27. The number of nitrogens with two attached hydrogens (primary N) is 1. The fraction of sp³-hybridized carbons (Fsp3) is 0.300. The molecule has 4 N–H and O–H groups in total. The van der Waals surface area contributed by atoms with Crippen molar-refractivity contribution in [2.24, 2.45) is 0 Å². The van der Waals surface area contributed by atoms with Gasteiger partial charge in [0.2, 0.25) is 0 Å². The Kier molecular flexibility index (Phi) is 2.37. The van der Waals surface area contributed by atoms with Gasteiger partial charge in [0.25, 0.3) is 0 Å². The Bertz CT molecular complexity index is 474. The lowest BCUT2D eigenvalue weighted by Crippen LogP contribution is -2.11. The van der Waals surface area contributed by atoms with Crippen LogP contribution in [0.2, 0.25) is 0 Å². The Morgan fingerprint density at radius 3 is 2.93 bits per heavy atom. The van der Waals surface area contributed by atoms with E-state index in [9.17, 15) is 0 Å². The van der Waals surface area contributed by atoms with Gasteiger partial charge in [0.15, 0.2) is 0 Å². The molecule has 0 bridgehead atoms.